The Kier molecular flexibility index (Phi) is 13.6. The number of pyridine rings is 1. The van der Waals surface area contributed by atoms with Crippen LogP contribution in [0.4, 0.5) is 0 Å². The minimum absolute atomic E-state index is 0.206. The van der Waals surface area contributed by atoms with Gasteiger partial charge in [-0.1, -0.05) is 31.6 Å². The number of aliphatic hydroxyl groups is 1. The molecule has 2 aromatic carbocycles. The van der Waals surface area contributed by atoms with E-state index in [0.29, 0.717) is 35.3 Å². The van der Waals surface area contributed by atoms with Gasteiger partial charge < -0.3 is 29.6 Å². The minimum atomic E-state index is -0.206. The Balaban J connectivity index is 0.000000473. The zero-order chi connectivity index (χ0) is 31.1. The summed E-state index contributed by atoms with van der Waals surface area (Å²) in [5.74, 6) is 2.68. The zero-order valence-electron chi connectivity index (χ0n) is 25.7. The zero-order valence-corrected chi connectivity index (χ0v) is 25.7. The van der Waals surface area contributed by atoms with Crippen LogP contribution in [0.3, 0.4) is 0 Å². The van der Waals surface area contributed by atoms with Gasteiger partial charge in [-0.3, -0.25) is 4.79 Å². The number of rotatable bonds is 9. The van der Waals surface area contributed by atoms with Crippen molar-refractivity contribution in [1.29, 1.82) is 0 Å². The predicted molar refractivity (Wildman–Crippen MR) is 168 cm³/mol. The first-order valence-corrected chi connectivity index (χ1v) is 13.7. The van der Waals surface area contributed by atoms with Crippen molar-refractivity contribution >= 4 is 16.9 Å². The van der Waals surface area contributed by atoms with Gasteiger partial charge in [0, 0.05) is 35.5 Å². The molecule has 224 valence electrons. The molecule has 0 saturated heterocycles. The van der Waals surface area contributed by atoms with Gasteiger partial charge in [-0.15, -0.1) is 0 Å². The second-order valence-corrected chi connectivity index (χ2v) is 9.18. The molecule has 0 fully saturated rings. The number of carbonyl (C=O) groups is 1. The van der Waals surface area contributed by atoms with E-state index in [1.807, 2.05) is 65.0 Å². The van der Waals surface area contributed by atoms with E-state index in [1.54, 1.807) is 57.9 Å². The summed E-state index contributed by atoms with van der Waals surface area (Å²) in [6.07, 6.45) is 5.51. The van der Waals surface area contributed by atoms with Crippen molar-refractivity contribution in [2.75, 3.05) is 21.3 Å². The number of imidazole rings is 1. The number of amides is 1. The number of methoxy groups -OCH3 is 3. The molecule has 3 N–H and O–H groups in total. The highest BCUT2D eigenvalue weighted by atomic mass is 16.5. The second kappa shape index (κ2) is 17.1. The van der Waals surface area contributed by atoms with Crippen molar-refractivity contribution in [3.8, 4) is 17.4 Å². The van der Waals surface area contributed by atoms with Gasteiger partial charge in [0.15, 0.2) is 0 Å². The summed E-state index contributed by atoms with van der Waals surface area (Å²) >= 11 is 0. The van der Waals surface area contributed by atoms with E-state index in [2.05, 4.69) is 20.3 Å². The molecule has 0 radical (unpaired) electrons. The van der Waals surface area contributed by atoms with Gasteiger partial charge in [0.05, 0.1) is 44.5 Å². The summed E-state index contributed by atoms with van der Waals surface area (Å²) in [6, 6.07) is 14.6. The summed E-state index contributed by atoms with van der Waals surface area (Å²) in [5, 5.41) is 13.0. The third kappa shape index (κ3) is 9.99. The Labute approximate surface area is 248 Å². The highest BCUT2D eigenvalue weighted by Crippen LogP contribution is 2.24. The maximum absolute atomic E-state index is 12.7. The molecule has 4 rings (SSSR count). The van der Waals surface area contributed by atoms with Gasteiger partial charge in [-0.2, -0.15) is 0 Å². The smallest absolute Gasteiger partial charge is 0.251 e. The predicted octanol–water partition coefficient (Wildman–Crippen LogP) is 6.89. The summed E-state index contributed by atoms with van der Waals surface area (Å²) in [7, 11) is 4.79. The molecule has 9 nitrogen and oxygen atoms in total. The third-order valence-electron chi connectivity index (χ3n) is 5.84. The first-order valence-electron chi connectivity index (χ1n) is 13.7. The topological polar surface area (TPSA) is 119 Å². The van der Waals surface area contributed by atoms with Gasteiger partial charge in [0.25, 0.3) is 5.91 Å². The van der Waals surface area contributed by atoms with Gasteiger partial charge in [0.2, 0.25) is 5.88 Å². The maximum Gasteiger partial charge on any atom is 0.251 e. The number of fused-ring (bicyclic) bond motifs is 1. The second-order valence-electron chi connectivity index (χ2n) is 9.18. The van der Waals surface area contributed by atoms with E-state index in [-0.39, 0.29) is 18.1 Å². The van der Waals surface area contributed by atoms with Crippen LogP contribution >= 0.6 is 0 Å². The molecule has 1 amide bonds. The molecule has 0 saturated carbocycles. The number of hydrogen-bond donors (Lipinski definition) is 3. The van der Waals surface area contributed by atoms with E-state index >= 15 is 0 Å². The molecule has 42 heavy (non-hydrogen) atoms. The molecule has 4 aromatic rings. The Morgan fingerprint density at radius 2 is 1.76 bits per heavy atom. The molecular formula is C33H42N4O5. The van der Waals surface area contributed by atoms with Crippen LogP contribution in [0.15, 0.2) is 78.2 Å². The van der Waals surface area contributed by atoms with Crippen molar-refractivity contribution in [1.82, 2.24) is 20.3 Å². The van der Waals surface area contributed by atoms with Crippen LogP contribution in [0.1, 0.15) is 55.0 Å². The normalized spacial score (nSPS) is 10.4. The maximum atomic E-state index is 12.7. The molecule has 2 aromatic heterocycles. The Bertz CT molecular complexity index is 1500. The van der Waals surface area contributed by atoms with Gasteiger partial charge in [-0.25, -0.2) is 9.97 Å². The molecule has 0 bridgehead atoms. The molecule has 0 atom stereocenters. The van der Waals surface area contributed by atoms with Crippen LogP contribution in [0.2, 0.25) is 0 Å². The van der Waals surface area contributed by atoms with Crippen LogP contribution in [-0.2, 0) is 13.0 Å². The van der Waals surface area contributed by atoms with Crippen molar-refractivity contribution in [2.24, 2.45) is 0 Å². The van der Waals surface area contributed by atoms with Crippen LogP contribution in [-0.4, -0.2) is 47.3 Å². The number of nitrogens with zero attached hydrogens (tertiary/aromatic N) is 2. The van der Waals surface area contributed by atoms with Crippen LogP contribution in [0.25, 0.3) is 11.0 Å². The van der Waals surface area contributed by atoms with Crippen LogP contribution < -0.4 is 19.5 Å². The first-order chi connectivity index (χ1) is 20.2. The van der Waals surface area contributed by atoms with E-state index < -0.39 is 0 Å². The van der Waals surface area contributed by atoms with Gasteiger partial charge in [0.1, 0.15) is 17.3 Å². The lowest BCUT2D eigenvalue weighted by atomic mass is 10.1. The summed E-state index contributed by atoms with van der Waals surface area (Å²) in [6.45, 7) is 10.2. The highest BCUT2D eigenvalue weighted by molar-refractivity contribution is 5.97. The fourth-order valence-corrected chi connectivity index (χ4v) is 3.74. The SMILES string of the molecule is CC.COc1ccc(CNC(=O)c2ccc3nc(C/C(O)=C\C=C(C)C)[nH]c3c2)c(OC)c1.COc1ncccc1C. The number of aromatic amines is 1. The van der Waals surface area contributed by atoms with Crippen LogP contribution in [0.5, 0.6) is 17.4 Å². The molecule has 2 heterocycles. The van der Waals surface area contributed by atoms with E-state index in [4.69, 9.17) is 14.2 Å². The minimum Gasteiger partial charge on any atom is -0.512 e. The van der Waals surface area contributed by atoms with E-state index in [0.717, 1.165) is 27.7 Å². The van der Waals surface area contributed by atoms with Gasteiger partial charge in [-0.05, 0) is 63.2 Å². The standard InChI is InChI=1S/C24H27N3O4.C7H9NO.C2H6/c1-15(2)5-8-18(28)12-23-26-20-10-7-16(11-21(20)27-23)24(29)25-14-17-6-9-19(30-3)13-22(17)31-4;1-6-4-3-5-8-7(6)9-2;1-2/h5-11,13,28H,12,14H2,1-4H3,(H,25,29)(H,26,27);3-5H,1-2H3;1-2H3/b18-8+;;. The number of allylic oxidation sites excluding steroid dienone is 4. The first kappa shape index (κ1) is 33.4. The molecule has 0 aliphatic carbocycles. The number of nitrogens with one attached hydrogen (secondary N) is 2. The molecule has 9 heteroatoms. The number of aliphatic hydroxyl groups excluding tert-OH is 1. The van der Waals surface area contributed by atoms with E-state index in [9.17, 15) is 9.90 Å². The highest BCUT2D eigenvalue weighted by Gasteiger charge is 2.12. The number of aromatic nitrogens is 3. The Hall–Kier alpha value is -4.79. The van der Waals surface area contributed by atoms with Gasteiger partial charge >= 0.3 is 0 Å². The average molecular weight is 575 g/mol. The number of H-pyrrole nitrogens is 1. The lowest BCUT2D eigenvalue weighted by Gasteiger charge is -2.11. The van der Waals surface area contributed by atoms with Crippen molar-refractivity contribution in [3.63, 3.8) is 0 Å². The number of benzene rings is 2. The lowest BCUT2D eigenvalue weighted by molar-refractivity contribution is 0.0950. The van der Waals surface area contributed by atoms with Crippen molar-refractivity contribution in [2.45, 2.75) is 47.6 Å². The quantitative estimate of drug-likeness (QED) is 0.147. The fraction of sp³-hybridized carbons (Fsp3) is 0.303. The average Bonchev–Trinajstić information content (AvgIpc) is 3.41. The molecule has 0 unspecified atom stereocenters. The fourth-order valence-electron chi connectivity index (χ4n) is 3.74. The third-order valence-corrected chi connectivity index (χ3v) is 5.84. The summed E-state index contributed by atoms with van der Waals surface area (Å²) < 4.78 is 15.5. The van der Waals surface area contributed by atoms with Crippen molar-refractivity contribution in [3.05, 3.63) is 101 Å². The van der Waals surface area contributed by atoms with Crippen LogP contribution in [0, 0.1) is 6.92 Å². The number of aryl methyl sites for hydroxylation is 1. The monoisotopic (exact) mass is 574 g/mol. The van der Waals surface area contributed by atoms with Crippen molar-refractivity contribution < 1.29 is 24.1 Å². The Morgan fingerprint density at radius 3 is 2.38 bits per heavy atom. The Morgan fingerprint density at radius 1 is 1.00 bits per heavy atom. The summed E-state index contributed by atoms with van der Waals surface area (Å²) in [5.41, 5.74) is 5.00. The molecular weight excluding hydrogens is 532 g/mol. The largest absolute Gasteiger partial charge is 0.512 e. The number of carbonyl (C=O) groups excluding carboxylic acids is 1. The van der Waals surface area contributed by atoms with E-state index in [1.165, 1.54) is 0 Å². The number of hydrogen-bond acceptors (Lipinski definition) is 7. The molecule has 0 spiro atoms. The lowest BCUT2D eigenvalue weighted by Crippen LogP contribution is -2.23. The number of ether oxygens (including phenoxy) is 3. The molecule has 0 aliphatic rings. The molecule has 0 aliphatic heterocycles. The summed E-state index contributed by atoms with van der Waals surface area (Å²) in [4.78, 5) is 24.3.